The molecule has 4 aliphatic rings. The van der Waals surface area contributed by atoms with E-state index in [1.165, 1.54) is 18.3 Å². The third kappa shape index (κ3) is 3.57. The summed E-state index contributed by atoms with van der Waals surface area (Å²) in [4.78, 5) is 36.0. The van der Waals surface area contributed by atoms with Crippen LogP contribution in [0.15, 0.2) is 65.8 Å². The van der Waals surface area contributed by atoms with E-state index < -0.39 is 4.92 Å². The lowest BCUT2D eigenvalue weighted by atomic mass is 9.63. The highest BCUT2D eigenvalue weighted by Gasteiger charge is 2.56. The number of hydrogen-bond donors (Lipinski definition) is 0. The molecule has 2 aromatic carbocycles. The smallest absolute Gasteiger partial charge is 0.269 e. The number of nitro benzene ring substituents is 1. The zero-order chi connectivity index (χ0) is 22.2. The van der Waals surface area contributed by atoms with E-state index in [1.54, 1.807) is 30.3 Å². The van der Waals surface area contributed by atoms with E-state index in [1.807, 2.05) is 6.07 Å². The van der Waals surface area contributed by atoms with Crippen molar-refractivity contribution in [3.63, 3.8) is 0 Å². The highest BCUT2D eigenvalue weighted by molar-refractivity contribution is 6.06. The fourth-order valence-corrected chi connectivity index (χ4v) is 4.86. The quantitative estimate of drug-likeness (QED) is 0.228. The highest BCUT2D eigenvalue weighted by atomic mass is 16.6. The van der Waals surface area contributed by atoms with E-state index in [0.29, 0.717) is 11.3 Å². The lowest BCUT2D eigenvalue weighted by Gasteiger charge is -2.37. The van der Waals surface area contributed by atoms with E-state index in [0.717, 1.165) is 23.4 Å². The van der Waals surface area contributed by atoms with E-state index in [2.05, 4.69) is 17.3 Å². The Morgan fingerprint density at radius 3 is 2.28 bits per heavy atom. The molecule has 0 spiro atoms. The van der Waals surface area contributed by atoms with Crippen molar-refractivity contribution in [3.05, 3.63) is 81.9 Å². The Labute approximate surface area is 184 Å². The Morgan fingerprint density at radius 2 is 1.69 bits per heavy atom. The SMILES string of the molecule is O=C1[C@H]2[C@H](C(=O)N1/N=C\c1cccc(OCc3ccc([N+](=O)[O-])cc3)c1)[C@H]1C=C[C@H]2CC1. The molecule has 2 aromatic rings. The molecule has 32 heavy (non-hydrogen) atoms. The third-order valence-electron chi connectivity index (χ3n) is 6.47. The van der Waals surface area contributed by atoms with Gasteiger partial charge in [0.05, 0.1) is 23.0 Å². The number of fused-ring (bicyclic) bond motifs is 1. The number of hydrogen-bond acceptors (Lipinski definition) is 6. The first-order chi connectivity index (χ1) is 15.5. The van der Waals surface area contributed by atoms with Gasteiger partial charge in [-0.1, -0.05) is 24.3 Å². The van der Waals surface area contributed by atoms with Crippen LogP contribution < -0.4 is 4.74 Å². The normalized spacial score (nSPS) is 26.1. The van der Waals surface area contributed by atoms with Gasteiger partial charge in [-0.25, -0.2) is 0 Å². The highest BCUT2D eigenvalue weighted by Crippen LogP contribution is 2.49. The second-order valence-electron chi connectivity index (χ2n) is 8.36. The molecule has 6 rings (SSSR count). The number of nitro groups is 1. The zero-order valence-electron chi connectivity index (χ0n) is 17.2. The van der Waals surface area contributed by atoms with Crippen molar-refractivity contribution >= 4 is 23.7 Å². The molecule has 8 heteroatoms. The van der Waals surface area contributed by atoms with Crippen LogP contribution in [0, 0.1) is 33.8 Å². The molecular weight excluding hydrogens is 410 g/mol. The van der Waals surface area contributed by atoms with Crippen LogP contribution in [0.5, 0.6) is 5.75 Å². The molecule has 1 saturated carbocycles. The van der Waals surface area contributed by atoms with Gasteiger partial charge in [0.15, 0.2) is 0 Å². The van der Waals surface area contributed by atoms with Crippen LogP contribution >= 0.6 is 0 Å². The summed E-state index contributed by atoms with van der Waals surface area (Å²) >= 11 is 0. The van der Waals surface area contributed by atoms with E-state index in [4.69, 9.17) is 4.74 Å². The van der Waals surface area contributed by atoms with Gasteiger partial charge in [-0.3, -0.25) is 19.7 Å². The van der Waals surface area contributed by atoms with Crippen molar-refractivity contribution < 1.29 is 19.2 Å². The largest absolute Gasteiger partial charge is 0.489 e. The number of hydrazone groups is 1. The number of benzene rings is 2. The molecule has 1 saturated heterocycles. The minimum absolute atomic E-state index is 0.0293. The second-order valence-corrected chi connectivity index (χ2v) is 8.36. The summed E-state index contributed by atoms with van der Waals surface area (Å²) in [5, 5.41) is 16.0. The number of allylic oxidation sites excluding steroid dienone is 2. The monoisotopic (exact) mass is 431 g/mol. The minimum atomic E-state index is -0.445. The molecule has 2 amide bonds. The summed E-state index contributed by atoms with van der Waals surface area (Å²) < 4.78 is 5.77. The Bertz CT molecular complexity index is 1110. The molecule has 4 atom stereocenters. The maximum absolute atomic E-state index is 12.8. The summed E-state index contributed by atoms with van der Waals surface area (Å²) in [6.07, 6.45) is 7.57. The fraction of sp³-hybridized carbons (Fsp3) is 0.292. The Kier molecular flexibility index (Phi) is 5.05. The van der Waals surface area contributed by atoms with Crippen molar-refractivity contribution in [2.45, 2.75) is 19.4 Å². The summed E-state index contributed by atoms with van der Waals surface area (Å²) in [7, 11) is 0. The van der Waals surface area contributed by atoms with Crippen LogP contribution in [0.1, 0.15) is 24.0 Å². The standard InChI is InChI=1S/C24H21N3O5/c28-23-21-17-6-7-18(9-8-17)22(21)24(29)26(23)25-13-16-2-1-3-20(12-16)32-14-15-4-10-19(11-5-15)27(30)31/h1-7,10-13,17-18,21-22H,8-9,14H2/b25-13-/t17-,18-,21+,22+/m0/s1. The molecule has 0 aromatic heterocycles. The van der Waals surface area contributed by atoms with E-state index in [-0.39, 0.29) is 47.8 Å². The first-order valence-electron chi connectivity index (χ1n) is 10.6. The molecule has 0 N–H and O–H groups in total. The Morgan fingerprint density at radius 1 is 1.03 bits per heavy atom. The van der Waals surface area contributed by atoms with Gasteiger partial charge in [0, 0.05) is 12.1 Å². The Hall–Kier alpha value is -3.81. The number of non-ortho nitro benzene ring substituents is 1. The van der Waals surface area contributed by atoms with Crippen LogP contribution in [0.25, 0.3) is 0 Å². The summed E-state index contributed by atoms with van der Waals surface area (Å²) in [6.45, 7) is 0.251. The number of carbonyl (C=O) groups is 2. The average Bonchev–Trinajstić information content (AvgIpc) is 3.09. The van der Waals surface area contributed by atoms with Crippen LogP contribution in [0.3, 0.4) is 0 Å². The third-order valence-corrected chi connectivity index (χ3v) is 6.47. The molecule has 0 unspecified atom stereocenters. The molecule has 3 aliphatic carbocycles. The number of ether oxygens (including phenoxy) is 1. The summed E-state index contributed by atoms with van der Waals surface area (Å²) in [5.41, 5.74) is 1.53. The topological polar surface area (TPSA) is 102 Å². The van der Waals surface area contributed by atoms with E-state index >= 15 is 0 Å². The number of rotatable bonds is 6. The molecule has 2 fully saturated rings. The van der Waals surface area contributed by atoms with Crippen molar-refractivity contribution in [1.82, 2.24) is 5.01 Å². The van der Waals surface area contributed by atoms with Gasteiger partial charge in [0.25, 0.3) is 17.5 Å². The number of amides is 2. The Balaban J connectivity index is 1.25. The minimum Gasteiger partial charge on any atom is -0.489 e. The van der Waals surface area contributed by atoms with Crippen molar-refractivity contribution in [1.29, 1.82) is 0 Å². The van der Waals surface area contributed by atoms with Crippen LogP contribution in [0.2, 0.25) is 0 Å². The molecule has 2 bridgehead atoms. The maximum Gasteiger partial charge on any atom is 0.269 e. The molecule has 8 nitrogen and oxygen atoms in total. The van der Waals surface area contributed by atoms with Gasteiger partial charge in [0.1, 0.15) is 12.4 Å². The van der Waals surface area contributed by atoms with Gasteiger partial charge in [-0.2, -0.15) is 10.1 Å². The number of imide groups is 1. The molecule has 0 radical (unpaired) electrons. The van der Waals surface area contributed by atoms with E-state index in [9.17, 15) is 19.7 Å². The fourth-order valence-electron chi connectivity index (χ4n) is 4.86. The first kappa shape index (κ1) is 20.1. The molecule has 162 valence electrons. The van der Waals surface area contributed by atoms with Gasteiger partial charge >= 0.3 is 0 Å². The summed E-state index contributed by atoms with van der Waals surface area (Å²) in [6, 6.07) is 13.3. The predicted octanol–water partition coefficient (Wildman–Crippen LogP) is 3.70. The predicted molar refractivity (Wildman–Crippen MR) is 116 cm³/mol. The van der Waals surface area contributed by atoms with Gasteiger partial charge in [0.2, 0.25) is 0 Å². The maximum atomic E-state index is 12.8. The molecular formula is C24H21N3O5. The molecule has 1 heterocycles. The first-order valence-corrected chi connectivity index (χ1v) is 10.6. The lowest BCUT2D eigenvalue weighted by molar-refractivity contribution is -0.384. The number of nitrogens with zero attached hydrogens (tertiary/aromatic N) is 3. The van der Waals surface area contributed by atoms with Gasteiger partial charge < -0.3 is 4.74 Å². The van der Waals surface area contributed by atoms with Crippen LogP contribution in [-0.2, 0) is 16.2 Å². The number of carbonyl (C=O) groups excluding carboxylic acids is 2. The second kappa shape index (κ2) is 8.03. The van der Waals surface area contributed by atoms with Gasteiger partial charge in [-0.05, 0) is 60.1 Å². The lowest BCUT2D eigenvalue weighted by Crippen LogP contribution is -2.38. The average molecular weight is 431 g/mol. The summed E-state index contributed by atoms with van der Waals surface area (Å²) in [5.74, 6) is -0.112. The van der Waals surface area contributed by atoms with Crippen molar-refractivity contribution in [3.8, 4) is 5.75 Å². The zero-order valence-corrected chi connectivity index (χ0v) is 17.2. The van der Waals surface area contributed by atoms with Crippen molar-refractivity contribution in [2.75, 3.05) is 0 Å². The van der Waals surface area contributed by atoms with Crippen LogP contribution in [0.4, 0.5) is 5.69 Å². The molecule has 1 aliphatic heterocycles. The van der Waals surface area contributed by atoms with Crippen molar-refractivity contribution in [2.24, 2.45) is 28.8 Å². The van der Waals surface area contributed by atoms with Gasteiger partial charge in [-0.15, -0.1) is 0 Å². The van der Waals surface area contributed by atoms with Crippen LogP contribution in [-0.4, -0.2) is 28.0 Å².